The zero-order valence-electron chi connectivity index (χ0n) is 11.6. The summed E-state index contributed by atoms with van der Waals surface area (Å²) in [5.74, 6) is 0.775. The molecule has 1 fully saturated rings. The molecule has 1 aliphatic heterocycles. The molecule has 6 nitrogen and oxygen atoms in total. The lowest BCUT2D eigenvalue weighted by Crippen LogP contribution is -2.34. The lowest BCUT2D eigenvalue weighted by Gasteiger charge is -2.15. The normalized spacial score (nSPS) is 18.2. The van der Waals surface area contributed by atoms with Crippen molar-refractivity contribution in [3.05, 3.63) is 23.8 Å². The molecule has 2 amide bonds. The van der Waals surface area contributed by atoms with Crippen molar-refractivity contribution in [2.45, 2.75) is 12.3 Å². The number of methoxy groups -OCH3 is 2. The van der Waals surface area contributed by atoms with Crippen LogP contribution in [0.25, 0.3) is 0 Å². The Morgan fingerprint density at radius 2 is 2.05 bits per heavy atom. The molecule has 0 spiro atoms. The molecule has 0 radical (unpaired) electrons. The first-order valence-corrected chi connectivity index (χ1v) is 6.33. The predicted molar refractivity (Wildman–Crippen MR) is 72.7 cm³/mol. The fraction of sp³-hybridized carbons (Fsp3) is 0.429. The SMILES string of the molecule is COc1ccc(C2CC(=O)N(CC(N)=O)C2)cc1OC. The number of rotatable bonds is 5. The van der Waals surface area contributed by atoms with E-state index in [0.717, 1.165) is 5.56 Å². The number of hydrogen-bond donors (Lipinski definition) is 1. The Kier molecular flexibility index (Phi) is 4.12. The average molecular weight is 278 g/mol. The molecule has 0 saturated carbocycles. The summed E-state index contributed by atoms with van der Waals surface area (Å²) in [7, 11) is 3.14. The van der Waals surface area contributed by atoms with Gasteiger partial charge in [0.1, 0.15) is 0 Å². The maximum atomic E-state index is 11.8. The number of carbonyl (C=O) groups excluding carboxylic acids is 2. The van der Waals surface area contributed by atoms with Gasteiger partial charge in [-0.05, 0) is 17.7 Å². The van der Waals surface area contributed by atoms with Gasteiger partial charge in [0, 0.05) is 18.9 Å². The van der Waals surface area contributed by atoms with Gasteiger partial charge < -0.3 is 20.1 Å². The Hall–Kier alpha value is -2.24. The summed E-state index contributed by atoms with van der Waals surface area (Å²) in [6.45, 7) is 0.472. The van der Waals surface area contributed by atoms with Crippen LogP contribution in [0, 0.1) is 0 Å². The number of hydrogen-bond acceptors (Lipinski definition) is 4. The van der Waals surface area contributed by atoms with Crippen molar-refractivity contribution in [1.29, 1.82) is 0 Å². The molecular weight excluding hydrogens is 260 g/mol. The van der Waals surface area contributed by atoms with Crippen molar-refractivity contribution >= 4 is 11.8 Å². The number of amides is 2. The van der Waals surface area contributed by atoms with Gasteiger partial charge in [0.25, 0.3) is 0 Å². The number of primary amides is 1. The van der Waals surface area contributed by atoms with Crippen LogP contribution in [-0.4, -0.2) is 44.0 Å². The zero-order chi connectivity index (χ0) is 14.7. The fourth-order valence-electron chi connectivity index (χ4n) is 2.44. The maximum absolute atomic E-state index is 11.8. The Balaban J connectivity index is 2.17. The quantitative estimate of drug-likeness (QED) is 0.850. The van der Waals surface area contributed by atoms with E-state index in [2.05, 4.69) is 0 Å². The van der Waals surface area contributed by atoms with Crippen LogP contribution in [0.4, 0.5) is 0 Å². The molecule has 20 heavy (non-hydrogen) atoms. The zero-order valence-corrected chi connectivity index (χ0v) is 11.6. The van der Waals surface area contributed by atoms with Gasteiger partial charge >= 0.3 is 0 Å². The van der Waals surface area contributed by atoms with Gasteiger partial charge in [0.15, 0.2) is 11.5 Å². The van der Waals surface area contributed by atoms with Gasteiger partial charge in [-0.2, -0.15) is 0 Å². The molecule has 0 aliphatic carbocycles. The molecule has 0 bridgehead atoms. The van der Waals surface area contributed by atoms with Crippen molar-refractivity contribution in [2.24, 2.45) is 5.73 Å². The van der Waals surface area contributed by atoms with Gasteiger partial charge in [-0.3, -0.25) is 9.59 Å². The molecule has 0 aromatic heterocycles. The van der Waals surface area contributed by atoms with E-state index in [1.165, 1.54) is 4.90 Å². The lowest BCUT2D eigenvalue weighted by molar-refractivity contribution is -0.132. The Morgan fingerprint density at radius 1 is 1.35 bits per heavy atom. The Labute approximate surface area is 117 Å². The highest BCUT2D eigenvalue weighted by molar-refractivity contribution is 5.85. The van der Waals surface area contributed by atoms with Crippen molar-refractivity contribution in [3.63, 3.8) is 0 Å². The van der Waals surface area contributed by atoms with Crippen LogP contribution >= 0.6 is 0 Å². The minimum atomic E-state index is -0.494. The summed E-state index contributed by atoms with van der Waals surface area (Å²) in [5, 5.41) is 0. The number of benzene rings is 1. The molecule has 1 aromatic carbocycles. The van der Waals surface area contributed by atoms with Gasteiger partial charge in [0.05, 0.1) is 20.8 Å². The average Bonchev–Trinajstić information content (AvgIpc) is 2.78. The molecule has 1 aromatic rings. The van der Waals surface area contributed by atoms with Crippen molar-refractivity contribution in [1.82, 2.24) is 4.90 Å². The van der Waals surface area contributed by atoms with E-state index in [4.69, 9.17) is 15.2 Å². The minimum absolute atomic E-state index is 0.0252. The van der Waals surface area contributed by atoms with E-state index >= 15 is 0 Å². The van der Waals surface area contributed by atoms with E-state index in [1.807, 2.05) is 18.2 Å². The van der Waals surface area contributed by atoms with Crippen LogP contribution in [0.15, 0.2) is 18.2 Å². The minimum Gasteiger partial charge on any atom is -0.493 e. The Bertz CT molecular complexity index is 530. The number of carbonyl (C=O) groups is 2. The summed E-state index contributed by atoms with van der Waals surface area (Å²) in [6.07, 6.45) is 0.378. The number of nitrogens with two attached hydrogens (primary N) is 1. The highest BCUT2D eigenvalue weighted by Gasteiger charge is 2.31. The van der Waals surface area contributed by atoms with E-state index in [1.54, 1.807) is 14.2 Å². The second kappa shape index (κ2) is 5.81. The van der Waals surface area contributed by atoms with Gasteiger partial charge in [-0.25, -0.2) is 0 Å². The van der Waals surface area contributed by atoms with Gasteiger partial charge in [-0.15, -0.1) is 0 Å². The first kappa shape index (κ1) is 14.2. The molecule has 2 N–H and O–H groups in total. The second-order valence-electron chi connectivity index (χ2n) is 4.76. The first-order chi connectivity index (χ1) is 9.55. The monoisotopic (exact) mass is 278 g/mol. The summed E-state index contributed by atoms with van der Waals surface area (Å²) >= 11 is 0. The van der Waals surface area contributed by atoms with E-state index in [9.17, 15) is 9.59 Å². The smallest absolute Gasteiger partial charge is 0.237 e. The second-order valence-corrected chi connectivity index (χ2v) is 4.76. The summed E-state index contributed by atoms with van der Waals surface area (Å²) in [5.41, 5.74) is 6.12. The molecule has 2 rings (SSSR count). The largest absolute Gasteiger partial charge is 0.493 e. The summed E-state index contributed by atoms with van der Waals surface area (Å²) in [4.78, 5) is 24.2. The number of nitrogens with zero attached hydrogens (tertiary/aromatic N) is 1. The highest BCUT2D eigenvalue weighted by Crippen LogP contribution is 2.34. The number of likely N-dealkylation sites (tertiary alicyclic amines) is 1. The van der Waals surface area contributed by atoms with E-state index in [-0.39, 0.29) is 18.4 Å². The molecule has 1 heterocycles. The predicted octanol–water partition coefficient (Wildman–Crippen LogP) is 0.505. The Morgan fingerprint density at radius 3 is 2.65 bits per heavy atom. The molecular formula is C14H18N2O4. The molecule has 108 valence electrons. The van der Waals surface area contributed by atoms with Crippen LogP contribution in [0.1, 0.15) is 17.9 Å². The first-order valence-electron chi connectivity index (χ1n) is 6.33. The third kappa shape index (κ3) is 2.84. The topological polar surface area (TPSA) is 81.9 Å². The van der Waals surface area contributed by atoms with E-state index in [0.29, 0.717) is 24.5 Å². The van der Waals surface area contributed by atoms with Crippen LogP contribution < -0.4 is 15.2 Å². The van der Waals surface area contributed by atoms with Crippen LogP contribution in [0.5, 0.6) is 11.5 Å². The lowest BCUT2D eigenvalue weighted by atomic mass is 9.98. The molecule has 6 heteroatoms. The van der Waals surface area contributed by atoms with Crippen LogP contribution in [0.3, 0.4) is 0 Å². The summed E-state index contributed by atoms with van der Waals surface area (Å²) in [6, 6.07) is 5.59. The third-order valence-electron chi connectivity index (χ3n) is 3.44. The van der Waals surface area contributed by atoms with Gasteiger partial charge in [-0.1, -0.05) is 6.07 Å². The van der Waals surface area contributed by atoms with Crippen molar-refractivity contribution in [3.8, 4) is 11.5 Å². The van der Waals surface area contributed by atoms with Crippen molar-refractivity contribution in [2.75, 3.05) is 27.3 Å². The van der Waals surface area contributed by atoms with Crippen LogP contribution in [0.2, 0.25) is 0 Å². The fourth-order valence-corrected chi connectivity index (χ4v) is 2.44. The maximum Gasteiger partial charge on any atom is 0.237 e. The van der Waals surface area contributed by atoms with Gasteiger partial charge in [0.2, 0.25) is 11.8 Å². The van der Waals surface area contributed by atoms with Crippen molar-refractivity contribution < 1.29 is 19.1 Å². The standard InChI is InChI=1S/C14H18N2O4/c1-19-11-4-3-9(5-12(11)20-2)10-6-14(18)16(7-10)8-13(15)17/h3-5,10H,6-8H2,1-2H3,(H2,15,17). The number of ether oxygens (including phenoxy) is 2. The van der Waals surface area contributed by atoms with E-state index < -0.39 is 5.91 Å². The van der Waals surface area contributed by atoms with Crippen LogP contribution in [-0.2, 0) is 9.59 Å². The molecule has 1 saturated heterocycles. The third-order valence-corrected chi connectivity index (χ3v) is 3.44. The summed E-state index contributed by atoms with van der Waals surface area (Å²) < 4.78 is 10.4. The molecule has 1 unspecified atom stereocenters. The molecule has 1 aliphatic rings. The molecule has 1 atom stereocenters. The highest BCUT2D eigenvalue weighted by atomic mass is 16.5.